The normalized spacial score (nSPS) is 11.2. The van der Waals surface area contributed by atoms with Crippen LogP contribution in [0.1, 0.15) is 19.4 Å². The number of rotatable bonds is 4. The van der Waals surface area contributed by atoms with E-state index in [2.05, 4.69) is 10.1 Å². The zero-order valence-corrected chi connectivity index (χ0v) is 9.71. The van der Waals surface area contributed by atoms with E-state index < -0.39 is 5.54 Å². The molecule has 3 nitrogen and oxygen atoms in total. The summed E-state index contributed by atoms with van der Waals surface area (Å²) in [7, 11) is 1.35. The quantitative estimate of drug-likeness (QED) is 0.795. The third-order valence-electron chi connectivity index (χ3n) is 2.34. The van der Waals surface area contributed by atoms with Crippen LogP contribution in [-0.2, 0) is 16.1 Å². The molecule has 4 heteroatoms. The number of nitrogens with one attached hydrogen (secondary N) is 1. The molecular formula is C12H16FNO2. The highest BCUT2D eigenvalue weighted by atomic mass is 19.1. The Morgan fingerprint density at radius 1 is 1.38 bits per heavy atom. The Bertz CT molecular complexity index is 360. The van der Waals surface area contributed by atoms with Gasteiger partial charge >= 0.3 is 5.97 Å². The lowest BCUT2D eigenvalue weighted by molar-refractivity contribution is -0.147. The van der Waals surface area contributed by atoms with Crippen LogP contribution in [0.3, 0.4) is 0 Å². The summed E-state index contributed by atoms with van der Waals surface area (Å²) in [5.41, 5.74) is 0.168. The van der Waals surface area contributed by atoms with Crippen LogP contribution in [-0.4, -0.2) is 18.6 Å². The second-order valence-corrected chi connectivity index (χ2v) is 4.10. The number of hydrogen-bond donors (Lipinski definition) is 1. The van der Waals surface area contributed by atoms with E-state index in [0.717, 1.165) is 5.56 Å². The second-order valence-electron chi connectivity index (χ2n) is 4.10. The van der Waals surface area contributed by atoms with Gasteiger partial charge in [-0.25, -0.2) is 4.39 Å². The van der Waals surface area contributed by atoms with Crippen molar-refractivity contribution in [3.63, 3.8) is 0 Å². The number of ether oxygens (including phenoxy) is 1. The molecule has 1 N–H and O–H groups in total. The molecule has 0 amide bonds. The molecule has 0 unspecified atom stereocenters. The molecule has 0 atom stereocenters. The van der Waals surface area contributed by atoms with E-state index in [9.17, 15) is 9.18 Å². The van der Waals surface area contributed by atoms with Gasteiger partial charge in [0.15, 0.2) is 0 Å². The minimum atomic E-state index is -0.747. The van der Waals surface area contributed by atoms with Crippen LogP contribution in [0, 0.1) is 5.82 Å². The molecule has 0 aliphatic heterocycles. The standard InChI is InChI=1S/C12H16FNO2/c1-12(2,11(15)16-3)14-8-9-4-6-10(13)7-5-9/h4-7,14H,8H2,1-3H3. The minimum absolute atomic E-state index is 0.268. The number of methoxy groups -OCH3 is 1. The number of carbonyl (C=O) groups is 1. The maximum atomic E-state index is 12.6. The van der Waals surface area contributed by atoms with Crippen molar-refractivity contribution in [3.8, 4) is 0 Å². The van der Waals surface area contributed by atoms with Gasteiger partial charge in [0.1, 0.15) is 11.4 Å². The van der Waals surface area contributed by atoms with E-state index in [4.69, 9.17) is 0 Å². The molecule has 0 aliphatic carbocycles. The highest BCUT2D eigenvalue weighted by Gasteiger charge is 2.27. The van der Waals surface area contributed by atoms with Crippen molar-refractivity contribution in [2.24, 2.45) is 0 Å². The van der Waals surface area contributed by atoms with Gasteiger partial charge in [0.05, 0.1) is 7.11 Å². The van der Waals surface area contributed by atoms with E-state index in [-0.39, 0.29) is 11.8 Å². The molecule has 0 radical (unpaired) electrons. The monoisotopic (exact) mass is 225 g/mol. The summed E-state index contributed by atoms with van der Waals surface area (Å²) in [5, 5.41) is 3.05. The van der Waals surface area contributed by atoms with Crippen LogP contribution < -0.4 is 5.32 Å². The second kappa shape index (κ2) is 5.07. The molecule has 0 aromatic heterocycles. The zero-order valence-electron chi connectivity index (χ0n) is 9.71. The van der Waals surface area contributed by atoms with Crippen molar-refractivity contribution < 1.29 is 13.9 Å². The first-order valence-electron chi connectivity index (χ1n) is 5.03. The van der Waals surface area contributed by atoms with Crippen LogP contribution in [0.25, 0.3) is 0 Å². The Labute approximate surface area is 94.6 Å². The van der Waals surface area contributed by atoms with Gasteiger partial charge in [0, 0.05) is 6.54 Å². The molecule has 0 saturated carbocycles. The lowest BCUT2D eigenvalue weighted by Crippen LogP contribution is -2.46. The maximum Gasteiger partial charge on any atom is 0.325 e. The Balaban J connectivity index is 2.57. The van der Waals surface area contributed by atoms with Gasteiger partial charge in [-0.3, -0.25) is 10.1 Å². The van der Waals surface area contributed by atoms with Gasteiger partial charge in [-0.2, -0.15) is 0 Å². The number of halogens is 1. The van der Waals surface area contributed by atoms with Crippen molar-refractivity contribution >= 4 is 5.97 Å². The molecule has 1 rings (SSSR count). The number of esters is 1. The highest BCUT2D eigenvalue weighted by molar-refractivity contribution is 5.79. The summed E-state index contributed by atoms with van der Waals surface area (Å²) in [6, 6.07) is 6.13. The van der Waals surface area contributed by atoms with Crippen LogP contribution >= 0.6 is 0 Å². The summed E-state index contributed by atoms with van der Waals surface area (Å²) in [5.74, 6) is -0.592. The number of benzene rings is 1. The fourth-order valence-electron chi connectivity index (χ4n) is 1.25. The third kappa shape index (κ3) is 3.31. The van der Waals surface area contributed by atoms with Gasteiger partial charge in [-0.1, -0.05) is 12.1 Å². The summed E-state index contributed by atoms with van der Waals surface area (Å²) in [4.78, 5) is 11.4. The molecule has 1 aromatic carbocycles. The molecule has 0 fully saturated rings. The van der Waals surface area contributed by atoms with Crippen LogP contribution in [0.15, 0.2) is 24.3 Å². The van der Waals surface area contributed by atoms with E-state index in [1.165, 1.54) is 19.2 Å². The first-order chi connectivity index (χ1) is 7.45. The molecule has 0 saturated heterocycles. The van der Waals surface area contributed by atoms with Crippen LogP contribution in [0.5, 0.6) is 0 Å². The SMILES string of the molecule is COC(=O)C(C)(C)NCc1ccc(F)cc1. The predicted molar refractivity (Wildman–Crippen MR) is 59.3 cm³/mol. The molecule has 0 heterocycles. The fraction of sp³-hybridized carbons (Fsp3) is 0.417. The maximum absolute atomic E-state index is 12.6. The summed E-state index contributed by atoms with van der Waals surface area (Å²) in [6.07, 6.45) is 0. The zero-order chi connectivity index (χ0) is 12.2. The molecule has 0 aliphatic rings. The van der Waals surface area contributed by atoms with Crippen molar-refractivity contribution in [2.75, 3.05) is 7.11 Å². The number of carbonyl (C=O) groups excluding carboxylic acids is 1. The lowest BCUT2D eigenvalue weighted by Gasteiger charge is -2.23. The molecule has 0 spiro atoms. The van der Waals surface area contributed by atoms with Crippen molar-refractivity contribution in [3.05, 3.63) is 35.6 Å². The van der Waals surface area contributed by atoms with Gasteiger partial charge in [0.2, 0.25) is 0 Å². The summed E-state index contributed by atoms with van der Waals surface area (Å²) < 4.78 is 17.3. The number of hydrogen-bond acceptors (Lipinski definition) is 3. The average molecular weight is 225 g/mol. The third-order valence-corrected chi connectivity index (χ3v) is 2.34. The van der Waals surface area contributed by atoms with Gasteiger partial charge in [-0.15, -0.1) is 0 Å². The lowest BCUT2D eigenvalue weighted by atomic mass is 10.1. The van der Waals surface area contributed by atoms with Crippen molar-refractivity contribution in [2.45, 2.75) is 25.9 Å². The van der Waals surface area contributed by atoms with E-state index in [1.807, 2.05) is 0 Å². The van der Waals surface area contributed by atoms with Crippen molar-refractivity contribution in [1.29, 1.82) is 0 Å². The molecule has 0 bridgehead atoms. The summed E-state index contributed by atoms with van der Waals surface area (Å²) in [6.45, 7) is 3.97. The van der Waals surface area contributed by atoms with Crippen molar-refractivity contribution in [1.82, 2.24) is 5.32 Å². The summed E-state index contributed by atoms with van der Waals surface area (Å²) >= 11 is 0. The van der Waals surface area contributed by atoms with Gasteiger partial charge < -0.3 is 4.74 Å². The van der Waals surface area contributed by atoms with E-state index in [0.29, 0.717) is 6.54 Å². The van der Waals surface area contributed by atoms with Gasteiger partial charge in [0.25, 0.3) is 0 Å². The first kappa shape index (κ1) is 12.6. The smallest absolute Gasteiger partial charge is 0.325 e. The topological polar surface area (TPSA) is 38.3 Å². The Kier molecular flexibility index (Phi) is 4.01. The fourth-order valence-corrected chi connectivity index (χ4v) is 1.25. The Morgan fingerprint density at radius 3 is 2.44 bits per heavy atom. The van der Waals surface area contributed by atoms with E-state index in [1.54, 1.807) is 26.0 Å². The van der Waals surface area contributed by atoms with Crippen LogP contribution in [0.4, 0.5) is 4.39 Å². The predicted octanol–water partition coefficient (Wildman–Crippen LogP) is 1.87. The van der Waals surface area contributed by atoms with Crippen LogP contribution in [0.2, 0.25) is 0 Å². The Morgan fingerprint density at radius 2 is 1.94 bits per heavy atom. The highest BCUT2D eigenvalue weighted by Crippen LogP contribution is 2.08. The first-order valence-corrected chi connectivity index (χ1v) is 5.03. The molecule has 1 aromatic rings. The van der Waals surface area contributed by atoms with E-state index >= 15 is 0 Å². The Hall–Kier alpha value is -1.42. The molecule has 88 valence electrons. The molecular weight excluding hydrogens is 209 g/mol. The molecule has 16 heavy (non-hydrogen) atoms. The van der Waals surface area contributed by atoms with Gasteiger partial charge in [-0.05, 0) is 31.5 Å². The largest absolute Gasteiger partial charge is 0.468 e. The minimum Gasteiger partial charge on any atom is -0.468 e. The average Bonchev–Trinajstić information content (AvgIpc) is 2.27.